The number of amides is 1. The summed E-state index contributed by atoms with van der Waals surface area (Å²) in [7, 11) is 0. The van der Waals surface area contributed by atoms with Gasteiger partial charge in [-0.1, -0.05) is 0 Å². The second kappa shape index (κ2) is 11.4. The lowest BCUT2D eigenvalue weighted by Crippen LogP contribution is -2.52. The molecule has 178 valence electrons. The normalized spacial score (nSPS) is 21.8. The Morgan fingerprint density at radius 1 is 1.13 bits per heavy atom. The largest absolute Gasteiger partial charge is 0.444 e. The first-order chi connectivity index (χ1) is 14.9. The van der Waals surface area contributed by atoms with Crippen molar-refractivity contribution in [3.8, 4) is 0 Å². The Kier molecular flexibility index (Phi) is 8.84. The van der Waals surface area contributed by atoms with Crippen molar-refractivity contribution in [3.63, 3.8) is 0 Å². The molecule has 0 aromatic rings. The molecule has 0 unspecified atom stereocenters. The highest BCUT2D eigenvalue weighted by molar-refractivity contribution is 5.80. The monoisotopic (exact) mass is 437 g/mol. The zero-order valence-electron chi connectivity index (χ0n) is 20.1. The van der Waals surface area contributed by atoms with Crippen LogP contribution in [0.25, 0.3) is 0 Å². The van der Waals surface area contributed by atoms with E-state index in [2.05, 4.69) is 22.0 Å². The molecule has 0 spiro atoms. The molecule has 1 amide bonds. The van der Waals surface area contributed by atoms with Crippen molar-refractivity contribution in [1.82, 2.24) is 20.0 Å². The van der Waals surface area contributed by atoms with Gasteiger partial charge in [-0.2, -0.15) is 0 Å². The highest BCUT2D eigenvalue weighted by Gasteiger charge is 2.35. The smallest absolute Gasteiger partial charge is 0.410 e. The van der Waals surface area contributed by atoms with Crippen LogP contribution in [0.5, 0.6) is 0 Å². The van der Waals surface area contributed by atoms with Gasteiger partial charge >= 0.3 is 6.09 Å². The molecule has 8 heteroatoms. The number of hydrogen-bond acceptors (Lipinski definition) is 5. The molecule has 3 rings (SSSR count). The Balaban J connectivity index is 1.52. The third kappa shape index (κ3) is 8.15. The molecule has 2 heterocycles. The Labute approximate surface area is 188 Å². The second-order valence-electron chi connectivity index (χ2n) is 9.98. The van der Waals surface area contributed by atoms with Crippen LogP contribution in [0.15, 0.2) is 4.99 Å². The Bertz CT molecular complexity index is 589. The first-order valence-electron chi connectivity index (χ1n) is 12.2. The average Bonchev–Trinajstić information content (AvgIpc) is 3.55. The number of morpholine rings is 1. The van der Waals surface area contributed by atoms with Gasteiger partial charge in [-0.3, -0.25) is 9.89 Å². The van der Waals surface area contributed by atoms with Gasteiger partial charge in [0.05, 0.1) is 19.8 Å². The average molecular weight is 438 g/mol. The van der Waals surface area contributed by atoms with Crippen LogP contribution in [0.3, 0.4) is 0 Å². The first kappa shape index (κ1) is 24.1. The molecule has 3 fully saturated rings. The van der Waals surface area contributed by atoms with E-state index in [1.54, 1.807) is 0 Å². The van der Waals surface area contributed by atoms with Gasteiger partial charge in [0.1, 0.15) is 5.60 Å². The van der Waals surface area contributed by atoms with E-state index in [1.165, 1.54) is 12.8 Å². The maximum Gasteiger partial charge on any atom is 0.410 e. The number of ether oxygens (including phenoxy) is 2. The van der Waals surface area contributed by atoms with Gasteiger partial charge in [-0.25, -0.2) is 4.79 Å². The summed E-state index contributed by atoms with van der Waals surface area (Å²) >= 11 is 0. The molecular formula is C23H43N5O3. The van der Waals surface area contributed by atoms with Gasteiger partial charge in [0.15, 0.2) is 5.96 Å². The SMILES string of the molecule is CCNC(=NCCN1CCOCC1)N1CCC(N(CC2CC2)C(=O)OC(C)(C)C)CC1. The summed E-state index contributed by atoms with van der Waals surface area (Å²) in [4.78, 5) is 24.5. The van der Waals surface area contributed by atoms with Crippen molar-refractivity contribution < 1.29 is 14.3 Å². The number of carbonyl (C=O) groups is 1. The van der Waals surface area contributed by atoms with E-state index >= 15 is 0 Å². The summed E-state index contributed by atoms with van der Waals surface area (Å²) in [5.41, 5.74) is -0.453. The molecule has 3 aliphatic rings. The van der Waals surface area contributed by atoms with Crippen LogP contribution in [-0.4, -0.2) is 104 Å². The number of guanidine groups is 1. The molecule has 0 atom stereocenters. The number of rotatable bonds is 7. The lowest BCUT2D eigenvalue weighted by molar-refractivity contribution is 0.00928. The van der Waals surface area contributed by atoms with Crippen molar-refractivity contribution in [2.75, 3.05) is 65.6 Å². The molecule has 2 saturated heterocycles. The fraction of sp³-hybridized carbons (Fsp3) is 0.913. The van der Waals surface area contributed by atoms with Gasteiger partial charge in [0.25, 0.3) is 0 Å². The Hall–Kier alpha value is -1.54. The van der Waals surface area contributed by atoms with Gasteiger partial charge in [0, 0.05) is 51.9 Å². The minimum atomic E-state index is -0.453. The van der Waals surface area contributed by atoms with Crippen LogP contribution in [0, 0.1) is 5.92 Å². The second-order valence-corrected chi connectivity index (χ2v) is 9.98. The topological polar surface area (TPSA) is 69.6 Å². The summed E-state index contributed by atoms with van der Waals surface area (Å²) in [6.07, 6.45) is 4.24. The molecule has 1 N–H and O–H groups in total. The van der Waals surface area contributed by atoms with Gasteiger partial charge in [-0.15, -0.1) is 0 Å². The molecule has 0 aromatic carbocycles. The number of nitrogens with one attached hydrogen (secondary N) is 1. The quantitative estimate of drug-likeness (QED) is 0.487. The zero-order valence-corrected chi connectivity index (χ0v) is 20.1. The van der Waals surface area contributed by atoms with Crippen LogP contribution >= 0.6 is 0 Å². The molecule has 0 bridgehead atoms. The Morgan fingerprint density at radius 3 is 2.39 bits per heavy atom. The van der Waals surface area contributed by atoms with E-state index in [-0.39, 0.29) is 12.1 Å². The van der Waals surface area contributed by atoms with Gasteiger partial charge in [-0.05, 0) is 59.3 Å². The predicted molar refractivity (Wildman–Crippen MR) is 123 cm³/mol. The number of aliphatic imine (C=N–C) groups is 1. The maximum absolute atomic E-state index is 12.9. The molecule has 2 aliphatic heterocycles. The molecule has 0 radical (unpaired) electrons. The summed E-state index contributed by atoms with van der Waals surface area (Å²) in [5, 5.41) is 3.46. The summed E-state index contributed by atoms with van der Waals surface area (Å²) in [6, 6.07) is 0.253. The number of carbonyl (C=O) groups excluding carboxylic acids is 1. The van der Waals surface area contributed by atoms with Gasteiger partial charge in [0.2, 0.25) is 0 Å². The molecule has 1 saturated carbocycles. The van der Waals surface area contributed by atoms with Crippen molar-refractivity contribution in [1.29, 1.82) is 0 Å². The molecule has 8 nitrogen and oxygen atoms in total. The highest BCUT2D eigenvalue weighted by Crippen LogP contribution is 2.32. The predicted octanol–water partition coefficient (Wildman–Crippen LogP) is 2.40. The number of piperidine rings is 1. The third-order valence-electron chi connectivity index (χ3n) is 6.10. The maximum atomic E-state index is 12.9. The first-order valence-corrected chi connectivity index (χ1v) is 12.2. The molecule has 31 heavy (non-hydrogen) atoms. The molecule has 1 aliphatic carbocycles. The van der Waals surface area contributed by atoms with E-state index in [1.807, 2.05) is 25.7 Å². The zero-order chi connectivity index (χ0) is 22.3. The fourth-order valence-electron chi connectivity index (χ4n) is 4.21. The van der Waals surface area contributed by atoms with Crippen molar-refractivity contribution in [3.05, 3.63) is 0 Å². The summed E-state index contributed by atoms with van der Waals surface area (Å²) in [6.45, 7) is 16.9. The van der Waals surface area contributed by atoms with Crippen LogP contribution in [0.1, 0.15) is 53.4 Å². The number of nitrogens with zero attached hydrogens (tertiary/aromatic N) is 4. The summed E-state index contributed by atoms with van der Waals surface area (Å²) in [5.74, 6) is 1.66. The number of hydrogen-bond donors (Lipinski definition) is 1. The summed E-state index contributed by atoms with van der Waals surface area (Å²) < 4.78 is 11.2. The standard InChI is InChI=1S/C23H43N5O3/c1-5-24-21(25-10-13-26-14-16-30-17-15-26)27-11-8-20(9-12-27)28(18-19-6-7-19)22(29)31-23(2,3)4/h19-20H,5-18H2,1-4H3,(H,24,25). The van der Waals surface area contributed by atoms with E-state index in [0.29, 0.717) is 5.92 Å². The lowest BCUT2D eigenvalue weighted by atomic mass is 10.0. The van der Waals surface area contributed by atoms with E-state index in [4.69, 9.17) is 14.5 Å². The van der Waals surface area contributed by atoms with Crippen molar-refractivity contribution in [2.45, 2.75) is 65.0 Å². The van der Waals surface area contributed by atoms with E-state index in [9.17, 15) is 4.79 Å². The molecular weight excluding hydrogens is 394 g/mol. The lowest BCUT2D eigenvalue weighted by Gasteiger charge is -2.40. The fourth-order valence-corrected chi connectivity index (χ4v) is 4.21. The van der Waals surface area contributed by atoms with Crippen LogP contribution < -0.4 is 5.32 Å². The van der Waals surface area contributed by atoms with E-state index in [0.717, 1.165) is 84.4 Å². The number of likely N-dealkylation sites (tertiary alicyclic amines) is 1. The van der Waals surface area contributed by atoms with Crippen molar-refractivity contribution in [2.24, 2.45) is 10.9 Å². The Morgan fingerprint density at radius 2 is 1.81 bits per heavy atom. The highest BCUT2D eigenvalue weighted by atomic mass is 16.6. The van der Waals surface area contributed by atoms with E-state index < -0.39 is 5.60 Å². The third-order valence-corrected chi connectivity index (χ3v) is 6.10. The van der Waals surface area contributed by atoms with Crippen LogP contribution in [0.2, 0.25) is 0 Å². The van der Waals surface area contributed by atoms with Crippen LogP contribution in [-0.2, 0) is 9.47 Å². The van der Waals surface area contributed by atoms with Gasteiger partial charge < -0.3 is 24.6 Å². The van der Waals surface area contributed by atoms with Crippen LogP contribution in [0.4, 0.5) is 4.79 Å². The minimum absolute atomic E-state index is 0.149. The van der Waals surface area contributed by atoms with Crippen molar-refractivity contribution >= 4 is 12.1 Å². The minimum Gasteiger partial charge on any atom is -0.444 e. The molecule has 0 aromatic heterocycles.